The molecule has 0 amide bonds. The normalized spacial score (nSPS) is 16.7. The van der Waals surface area contributed by atoms with E-state index in [4.69, 9.17) is 0 Å². The van der Waals surface area contributed by atoms with E-state index >= 15 is 0 Å². The van der Waals surface area contributed by atoms with E-state index in [1.165, 1.54) is 29.3 Å². The van der Waals surface area contributed by atoms with Crippen LogP contribution in [0, 0.1) is 0 Å². The Bertz CT molecular complexity index is 722. The molecular formula is C20H23N3. The largest absolute Gasteiger partial charge is 0.369 e. The molecule has 4 rings (SSSR count). The zero-order chi connectivity index (χ0) is 15.5. The Hall–Kier alpha value is -2.26. The minimum atomic E-state index is 0.565. The van der Waals surface area contributed by atoms with Crippen molar-refractivity contribution >= 4 is 16.7 Å². The second-order valence-corrected chi connectivity index (χ2v) is 6.45. The van der Waals surface area contributed by atoms with Crippen molar-refractivity contribution in [2.45, 2.75) is 25.4 Å². The molecule has 2 N–H and O–H groups in total. The molecule has 0 bridgehead atoms. The number of para-hydroxylation sites is 1. The van der Waals surface area contributed by atoms with Crippen LogP contribution in [0.3, 0.4) is 0 Å². The molecule has 118 valence electrons. The van der Waals surface area contributed by atoms with Gasteiger partial charge in [0, 0.05) is 36.6 Å². The fraction of sp³-hybridized carbons (Fsp3) is 0.300. The van der Waals surface area contributed by atoms with Crippen molar-refractivity contribution in [1.29, 1.82) is 0 Å². The van der Waals surface area contributed by atoms with Crippen LogP contribution in [0.15, 0.2) is 60.7 Å². The van der Waals surface area contributed by atoms with Gasteiger partial charge in [-0.1, -0.05) is 48.5 Å². The minimum absolute atomic E-state index is 0.565. The third-order valence-electron chi connectivity index (χ3n) is 4.73. The van der Waals surface area contributed by atoms with Crippen LogP contribution in [0.1, 0.15) is 18.4 Å². The number of anilines is 1. The van der Waals surface area contributed by atoms with Crippen molar-refractivity contribution in [2.75, 3.05) is 18.4 Å². The van der Waals surface area contributed by atoms with Gasteiger partial charge in [0.2, 0.25) is 0 Å². The van der Waals surface area contributed by atoms with Gasteiger partial charge in [-0.25, -0.2) is 0 Å². The van der Waals surface area contributed by atoms with E-state index < -0.39 is 0 Å². The third-order valence-corrected chi connectivity index (χ3v) is 4.73. The molecule has 0 atom stereocenters. The Balaban J connectivity index is 1.32. The molecule has 0 spiro atoms. The predicted octanol–water partition coefficient (Wildman–Crippen LogP) is 4.24. The Kier molecular flexibility index (Phi) is 4.03. The molecule has 1 aliphatic rings. The van der Waals surface area contributed by atoms with E-state index in [-0.39, 0.29) is 0 Å². The topological polar surface area (TPSA) is 31.1 Å². The Morgan fingerprint density at radius 1 is 0.957 bits per heavy atom. The van der Waals surface area contributed by atoms with Gasteiger partial charge in [-0.15, -0.1) is 0 Å². The molecule has 1 saturated heterocycles. The molecule has 2 aromatic carbocycles. The van der Waals surface area contributed by atoms with Gasteiger partial charge < -0.3 is 10.3 Å². The summed E-state index contributed by atoms with van der Waals surface area (Å²) in [6, 6.07) is 22.0. The SMILES string of the molecule is c1ccc(CN2CCC(Nc3cc4ccccc4[nH]3)CC2)cc1. The van der Waals surface area contributed by atoms with Gasteiger partial charge in [0.15, 0.2) is 0 Å². The van der Waals surface area contributed by atoms with Crippen molar-refractivity contribution in [2.24, 2.45) is 0 Å². The quantitative estimate of drug-likeness (QED) is 0.755. The zero-order valence-corrected chi connectivity index (χ0v) is 13.3. The number of rotatable bonds is 4. The highest BCUT2D eigenvalue weighted by atomic mass is 15.1. The average Bonchev–Trinajstić information content (AvgIpc) is 3.00. The number of nitrogens with zero attached hydrogens (tertiary/aromatic N) is 1. The number of likely N-dealkylation sites (tertiary alicyclic amines) is 1. The fourth-order valence-corrected chi connectivity index (χ4v) is 3.45. The lowest BCUT2D eigenvalue weighted by molar-refractivity contribution is 0.211. The minimum Gasteiger partial charge on any atom is -0.369 e. The number of nitrogens with one attached hydrogen (secondary N) is 2. The van der Waals surface area contributed by atoms with Crippen LogP contribution in [-0.2, 0) is 6.54 Å². The van der Waals surface area contributed by atoms with Gasteiger partial charge in [-0.2, -0.15) is 0 Å². The standard InChI is InChI=1S/C20H23N3/c1-2-6-16(7-3-1)15-23-12-10-18(11-13-23)21-20-14-17-8-4-5-9-19(17)22-20/h1-9,14,18,21-22H,10-13,15H2. The van der Waals surface area contributed by atoms with Gasteiger partial charge in [0.1, 0.15) is 5.82 Å². The molecular weight excluding hydrogens is 282 g/mol. The summed E-state index contributed by atoms with van der Waals surface area (Å²) >= 11 is 0. The molecule has 3 aromatic rings. The number of H-pyrrole nitrogens is 1. The average molecular weight is 305 g/mol. The number of fused-ring (bicyclic) bond motifs is 1. The van der Waals surface area contributed by atoms with Gasteiger partial charge in [0.25, 0.3) is 0 Å². The first kappa shape index (κ1) is 14.3. The van der Waals surface area contributed by atoms with E-state index in [0.717, 1.165) is 25.5 Å². The maximum Gasteiger partial charge on any atom is 0.104 e. The van der Waals surface area contributed by atoms with Crippen molar-refractivity contribution in [1.82, 2.24) is 9.88 Å². The van der Waals surface area contributed by atoms with Crippen LogP contribution in [-0.4, -0.2) is 29.0 Å². The molecule has 3 nitrogen and oxygen atoms in total. The first-order valence-electron chi connectivity index (χ1n) is 8.47. The smallest absolute Gasteiger partial charge is 0.104 e. The molecule has 1 aromatic heterocycles. The van der Waals surface area contributed by atoms with Crippen LogP contribution in [0.4, 0.5) is 5.82 Å². The molecule has 0 aliphatic carbocycles. The molecule has 1 aliphatic heterocycles. The number of aromatic amines is 1. The summed E-state index contributed by atoms with van der Waals surface area (Å²) in [5, 5.41) is 4.95. The van der Waals surface area contributed by atoms with E-state index in [1.807, 2.05) is 0 Å². The Labute approximate surface area is 137 Å². The van der Waals surface area contributed by atoms with Gasteiger partial charge in [-0.3, -0.25) is 4.90 Å². The number of piperidine rings is 1. The van der Waals surface area contributed by atoms with Gasteiger partial charge >= 0.3 is 0 Å². The summed E-state index contributed by atoms with van der Waals surface area (Å²) in [4.78, 5) is 6.02. The van der Waals surface area contributed by atoms with Crippen molar-refractivity contribution < 1.29 is 0 Å². The Morgan fingerprint density at radius 3 is 2.48 bits per heavy atom. The third kappa shape index (κ3) is 3.40. The van der Waals surface area contributed by atoms with Crippen molar-refractivity contribution in [3.8, 4) is 0 Å². The lowest BCUT2D eigenvalue weighted by atomic mass is 10.0. The van der Waals surface area contributed by atoms with Crippen LogP contribution in [0.2, 0.25) is 0 Å². The molecule has 0 saturated carbocycles. The van der Waals surface area contributed by atoms with E-state index in [0.29, 0.717) is 6.04 Å². The fourth-order valence-electron chi connectivity index (χ4n) is 3.45. The van der Waals surface area contributed by atoms with Crippen molar-refractivity contribution in [3.05, 3.63) is 66.2 Å². The number of benzene rings is 2. The second kappa shape index (κ2) is 6.47. The highest BCUT2D eigenvalue weighted by Gasteiger charge is 2.19. The molecule has 2 heterocycles. The second-order valence-electron chi connectivity index (χ2n) is 6.45. The maximum atomic E-state index is 3.67. The van der Waals surface area contributed by atoms with Crippen LogP contribution in [0.5, 0.6) is 0 Å². The summed E-state index contributed by atoms with van der Waals surface area (Å²) in [6.07, 6.45) is 2.39. The molecule has 3 heteroatoms. The number of aromatic nitrogens is 1. The lowest BCUT2D eigenvalue weighted by Crippen LogP contribution is -2.38. The van der Waals surface area contributed by atoms with E-state index in [9.17, 15) is 0 Å². The summed E-state index contributed by atoms with van der Waals surface area (Å²) in [6.45, 7) is 3.39. The van der Waals surface area contributed by atoms with Gasteiger partial charge in [-0.05, 0) is 30.5 Å². The highest BCUT2D eigenvalue weighted by Crippen LogP contribution is 2.22. The van der Waals surface area contributed by atoms with Gasteiger partial charge in [0.05, 0.1) is 0 Å². The highest BCUT2D eigenvalue weighted by molar-refractivity contribution is 5.83. The molecule has 0 radical (unpaired) electrons. The first-order valence-corrected chi connectivity index (χ1v) is 8.47. The monoisotopic (exact) mass is 305 g/mol. The van der Waals surface area contributed by atoms with Crippen LogP contribution >= 0.6 is 0 Å². The van der Waals surface area contributed by atoms with Crippen molar-refractivity contribution in [3.63, 3.8) is 0 Å². The zero-order valence-electron chi connectivity index (χ0n) is 13.3. The number of hydrogen-bond donors (Lipinski definition) is 2. The molecule has 23 heavy (non-hydrogen) atoms. The lowest BCUT2D eigenvalue weighted by Gasteiger charge is -2.32. The number of hydrogen-bond acceptors (Lipinski definition) is 2. The Morgan fingerprint density at radius 2 is 1.70 bits per heavy atom. The molecule has 0 unspecified atom stereocenters. The summed E-state index contributed by atoms with van der Waals surface area (Å²) in [5.74, 6) is 1.15. The van der Waals surface area contributed by atoms with Crippen LogP contribution < -0.4 is 5.32 Å². The summed E-state index contributed by atoms with van der Waals surface area (Å²) in [7, 11) is 0. The summed E-state index contributed by atoms with van der Waals surface area (Å²) < 4.78 is 0. The van der Waals surface area contributed by atoms with E-state index in [2.05, 4.69) is 75.9 Å². The molecule has 1 fully saturated rings. The maximum absolute atomic E-state index is 3.67. The predicted molar refractivity (Wildman–Crippen MR) is 96.7 cm³/mol. The summed E-state index contributed by atoms with van der Waals surface area (Å²) in [5.41, 5.74) is 2.62. The van der Waals surface area contributed by atoms with Crippen LogP contribution in [0.25, 0.3) is 10.9 Å². The van der Waals surface area contributed by atoms with E-state index in [1.54, 1.807) is 0 Å². The first-order chi connectivity index (χ1) is 11.4.